The van der Waals surface area contributed by atoms with E-state index in [4.69, 9.17) is 4.74 Å². The van der Waals surface area contributed by atoms with Crippen LogP contribution >= 0.6 is 11.3 Å². The van der Waals surface area contributed by atoms with Crippen molar-refractivity contribution >= 4 is 17.2 Å². The van der Waals surface area contributed by atoms with Gasteiger partial charge in [-0.05, 0) is 55.0 Å². The van der Waals surface area contributed by atoms with Crippen LogP contribution in [0.1, 0.15) is 29.9 Å². The van der Waals surface area contributed by atoms with Crippen molar-refractivity contribution < 1.29 is 13.9 Å². The van der Waals surface area contributed by atoms with E-state index in [1.54, 1.807) is 16.8 Å². The normalized spacial score (nSPS) is 16.6. The van der Waals surface area contributed by atoms with Crippen molar-refractivity contribution in [2.75, 3.05) is 13.2 Å². The van der Waals surface area contributed by atoms with Gasteiger partial charge >= 0.3 is 0 Å². The summed E-state index contributed by atoms with van der Waals surface area (Å²) in [5.74, 6) is -0.00810. The fourth-order valence-electron chi connectivity index (χ4n) is 3.03. The van der Waals surface area contributed by atoms with E-state index in [0.717, 1.165) is 30.7 Å². The third-order valence-corrected chi connectivity index (χ3v) is 5.26. The van der Waals surface area contributed by atoms with Gasteiger partial charge in [-0.1, -0.05) is 6.07 Å². The number of nitrogens with zero attached hydrogens (tertiary/aromatic N) is 3. The molecular formula is C19H19FN4O2S. The number of carbonyl (C=O) groups excluding carboxylic acids is 1. The minimum atomic E-state index is -0.330. The number of hydrogen-bond donors (Lipinski definition) is 1. The molecule has 0 aliphatic carbocycles. The number of ether oxygens (including phenoxy) is 1. The topological polar surface area (TPSA) is 69.0 Å². The minimum absolute atomic E-state index is 0.0927. The highest BCUT2D eigenvalue weighted by Crippen LogP contribution is 2.25. The Balaban J connectivity index is 1.55. The molecule has 1 saturated heterocycles. The van der Waals surface area contributed by atoms with Crippen molar-refractivity contribution in [1.82, 2.24) is 20.1 Å². The fourth-order valence-corrected chi connectivity index (χ4v) is 3.73. The first-order valence-corrected chi connectivity index (χ1v) is 9.75. The molecule has 1 fully saturated rings. The predicted octanol–water partition coefficient (Wildman–Crippen LogP) is 3.43. The smallest absolute Gasteiger partial charge is 0.290 e. The molecule has 0 radical (unpaired) electrons. The van der Waals surface area contributed by atoms with Crippen LogP contribution in [-0.2, 0) is 4.74 Å². The van der Waals surface area contributed by atoms with Crippen molar-refractivity contribution in [1.29, 1.82) is 0 Å². The summed E-state index contributed by atoms with van der Waals surface area (Å²) >= 11 is 1.50. The zero-order valence-corrected chi connectivity index (χ0v) is 15.4. The number of hydrogen-bond acceptors (Lipinski definition) is 5. The Morgan fingerprint density at radius 1 is 1.33 bits per heavy atom. The molecular weight excluding hydrogens is 367 g/mol. The van der Waals surface area contributed by atoms with Gasteiger partial charge in [-0.3, -0.25) is 4.79 Å². The molecule has 0 bridgehead atoms. The molecule has 3 aromatic rings. The minimum Gasteiger partial charge on any atom is -0.378 e. The van der Waals surface area contributed by atoms with E-state index in [1.165, 1.54) is 23.5 Å². The third kappa shape index (κ3) is 4.06. The highest BCUT2D eigenvalue weighted by atomic mass is 32.1. The number of amides is 1. The van der Waals surface area contributed by atoms with Gasteiger partial charge in [0.15, 0.2) is 5.82 Å². The van der Waals surface area contributed by atoms with E-state index in [1.807, 2.05) is 17.5 Å². The molecule has 1 atom stereocenters. The molecule has 3 heterocycles. The van der Waals surface area contributed by atoms with Gasteiger partial charge in [-0.15, -0.1) is 16.4 Å². The van der Waals surface area contributed by atoms with Crippen LogP contribution in [0.4, 0.5) is 4.39 Å². The van der Waals surface area contributed by atoms with Crippen molar-refractivity contribution in [3.05, 3.63) is 53.4 Å². The number of halogens is 1. The molecule has 2 aromatic heterocycles. The Morgan fingerprint density at radius 2 is 2.19 bits per heavy atom. The summed E-state index contributed by atoms with van der Waals surface area (Å²) < 4.78 is 20.4. The van der Waals surface area contributed by atoms with Crippen molar-refractivity contribution in [3.63, 3.8) is 0 Å². The molecule has 1 amide bonds. The van der Waals surface area contributed by atoms with Crippen LogP contribution in [0.3, 0.4) is 0 Å². The van der Waals surface area contributed by atoms with Gasteiger partial charge in [0, 0.05) is 13.2 Å². The Morgan fingerprint density at radius 3 is 2.89 bits per heavy atom. The van der Waals surface area contributed by atoms with Crippen LogP contribution in [0.15, 0.2) is 41.8 Å². The van der Waals surface area contributed by atoms with Crippen LogP contribution in [0.5, 0.6) is 0 Å². The molecule has 1 aliphatic heterocycles. The standard InChI is InChI=1S/C19H19FN4O2S/c20-13-5-7-14(8-6-13)24-18(16-4-2-12-27-16)22-17(23-24)19(25)21-10-9-15-3-1-11-26-15/h2,4-8,12,15H,1,3,9-11H2,(H,21,25). The number of carbonyl (C=O) groups is 1. The molecule has 140 valence electrons. The van der Waals surface area contributed by atoms with E-state index in [2.05, 4.69) is 15.4 Å². The summed E-state index contributed by atoms with van der Waals surface area (Å²) in [4.78, 5) is 17.8. The van der Waals surface area contributed by atoms with Gasteiger partial charge in [0.2, 0.25) is 5.82 Å². The zero-order valence-electron chi connectivity index (χ0n) is 14.6. The molecule has 0 saturated carbocycles. The highest BCUT2D eigenvalue weighted by molar-refractivity contribution is 7.13. The largest absolute Gasteiger partial charge is 0.378 e. The molecule has 4 rings (SSSR count). The summed E-state index contributed by atoms with van der Waals surface area (Å²) in [6.45, 7) is 1.31. The second kappa shape index (κ2) is 7.98. The molecule has 8 heteroatoms. The average Bonchev–Trinajstić information content (AvgIpc) is 3.43. The summed E-state index contributed by atoms with van der Waals surface area (Å²) in [5.41, 5.74) is 0.644. The Kier molecular flexibility index (Phi) is 5.26. The number of benzene rings is 1. The quantitative estimate of drug-likeness (QED) is 0.705. The van der Waals surface area contributed by atoms with Gasteiger partial charge in [0.05, 0.1) is 16.7 Å². The number of nitrogens with one attached hydrogen (secondary N) is 1. The molecule has 27 heavy (non-hydrogen) atoms. The van der Waals surface area contributed by atoms with Gasteiger partial charge in [-0.25, -0.2) is 14.1 Å². The maximum atomic E-state index is 13.3. The summed E-state index contributed by atoms with van der Waals surface area (Å²) in [5, 5.41) is 9.15. The van der Waals surface area contributed by atoms with E-state index in [0.29, 0.717) is 18.1 Å². The van der Waals surface area contributed by atoms with Crippen LogP contribution in [0.2, 0.25) is 0 Å². The molecule has 1 unspecified atom stereocenters. The fraction of sp³-hybridized carbons (Fsp3) is 0.316. The Labute approximate surface area is 160 Å². The first-order valence-electron chi connectivity index (χ1n) is 8.87. The molecule has 6 nitrogen and oxygen atoms in total. The first-order chi connectivity index (χ1) is 13.2. The summed E-state index contributed by atoms with van der Waals surface area (Å²) in [6.07, 6.45) is 3.11. The van der Waals surface area contributed by atoms with Crippen molar-refractivity contribution in [2.45, 2.75) is 25.4 Å². The molecule has 0 spiro atoms. The maximum absolute atomic E-state index is 13.3. The van der Waals surface area contributed by atoms with E-state index in [-0.39, 0.29) is 23.7 Å². The second-order valence-electron chi connectivity index (χ2n) is 6.30. The lowest BCUT2D eigenvalue weighted by Gasteiger charge is -2.08. The van der Waals surface area contributed by atoms with Crippen molar-refractivity contribution in [3.8, 4) is 16.4 Å². The Hall–Kier alpha value is -2.58. The van der Waals surface area contributed by atoms with Gasteiger partial charge in [0.1, 0.15) is 5.82 Å². The van der Waals surface area contributed by atoms with Crippen LogP contribution < -0.4 is 5.32 Å². The summed E-state index contributed by atoms with van der Waals surface area (Å²) in [7, 11) is 0. The van der Waals surface area contributed by atoms with Crippen LogP contribution in [-0.4, -0.2) is 39.9 Å². The highest BCUT2D eigenvalue weighted by Gasteiger charge is 2.20. The Bertz CT molecular complexity index is 902. The monoisotopic (exact) mass is 386 g/mol. The molecule has 1 N–H and O–H groups in total. The SMILES string of the molecule is O=C(NCCC1CCCO1)c1nc(-c2cccs2)n(-c2ccc(F)cc2)n1. The van der Waals surface area contributed by atoms with Crippen LogP contribution in [0.25, 0.3) is 16.4 Å². The number of rotatable bonds is 6. The van der Waals surface area contributed by atoms with Gasteiger partial charge < -0.3 is 10.1 Å². The summed E-state index contributed by atoms with van der Waals surface area (Å²) in [6, 6.07) is 9.76. The van der Waals surface area contributed by atoms with Crippen LogP contribution in [0, 0.1) is 5.82 Å². The van der Waals surface area contributed by atoms with Gasteiger partial charge in [-0.2, -0.15) is 0 Å². The number of aromatic nitrogens is 3. The third-order valence-electron chi connectivity index (χ3n) is 4.40. The van der Waals surface area contributed by atoms with Crippen molar-refractivity contribution in [2.24, 2.45) is 0 Å². The lowest BCUT2D eigenvalue weighted by atomic mass is 10.2. The zero-order chi connectivity index (χ0) is 18.6. The van der Waals surface area contributed by atoms with Gasteiger partial charge in [0.25, 0.3) is 5.91 Å². The number of thiophene rings is 1. The van der Waals surface area contributed by atoms with E-state index >= 15 is 0 Å². The maximum Gasteiger partial charge on any atom is 0.290 e. The van der Waals surface area contributed by atoms with E-state index in [9.17, 15) is 9.18 Å². The predicted molar refractivity (Wildman–Crippen MR) is 101 cm³/mol. The first kappa shape index (κ1) is 17.8. The molecule has 1 aromatic carbocycles. The molecule has 1 aliphatic rings. The lowest BCUT2D eigenvalue weighted by molar-refractivity contribution is 0.0899. The average molecular weight is 386 g/mol. The van der Waals surface area contributed by atoms with E-state index < -0.39 is 0 Å². The second-order valence-corrected chi connectivity index (χ2v) is 7.25. The lowest BCUT2D eigenvalue weighted by Crippen LogP contribution is -2.28.